The zero-order valence-corrected chi connectivity index (χ0v) is 15.8. The van der Waals surface area contributed by atoms with E-state index in [2.05, 4.69) is 70.2 Å². The fraction of sp³-hybridized carbons (Fsp3) is 0.579. The van der Waals surface area contributed by atoms with Crippen LogP contribution in [0, 0.1) is 5.92 Å². The van der Waals surface area contributed by atoms with Gasteiger partial charge in [0.05, 0.1) is 0 Å². The van der Waals surface area contributed by atoms with Gasteiger partial charge in [0.15, 0.2) is 5.16 Å². The lowest BCUT2D eigenvalue weighted by molar-refractivity contribution is 0.175. The van der Waals surface area contributed by atoms with Crippen LogP contribution in [-0.4, -0.2) is 45.6 Å². The van der Waals surface area contributed by atoms with E-state index in [9.17, 15) is 0 Å². The van der Waals surface area contributed by atoms with Gasteiger partial charge in [0.1, 0.15) is 5.82 Å². The summed E-state index contributed by atoms with van der Waals surface area (Å²) in [5, 5.41) is 9.63. The summed E-state index contributed by atoms with van der Waals surface area (Å²) in [7, 11) is 2.08. The predicted molar refractivity (Wildman–Crippen MR) is 101 cm³/mol. The molecule has 3 rings (SSSR count). The Kier molecular flexibility index (Phi) is 5.95. The number of aromatic nitrogens is 3. The summed E-state index contributed by atoms with van der Waals surface area (Å²) >= 11 is 1.66. The molecule has 5 heteroatoms. The Balaban J connectivity index is 1.48. The molecule has 0 spiro atoms. The van der Waals surface area contributed by atoms with E-state index in [1.165, 1.54) is 31.5 Å². The largest absolute Gasteiger partial charge is 0.309 e. The second kappa shape index (κ2) is 8.17. The third-order valence-corrected chi connectivity index (χ3v) is 5.91. The van der Waals surface area contributed by atoms with Crippen LogP contribution in [-0.2, 0) is 13.5 Å². The molecular formula is C19H28N4S. The molecule has 0 bridgehead atoms. The molecule has 0 amide bonds. The predicted octanol–water partition coefficient (Wildman–Crippen LogP) is 3.60. The number of nitrogens with zero attached hydrogens (tertiary/aromatic N) is 4. The molecular weight excluding hydrogens is 316 g/mol. The quantitative estimate of drug-likeness (QED) is 0.750. The van der Waals surface area contributed by atoms with Crippen molar-refractivity contribution in [1.29, 1.82) is 0 Å². The molecule has 0 aliphatic carbocycles. The van der Waals surface area contributed by atoms with Crippen molar-refractivity contribution < 1.29 is 0 Å². The third-order valence-electron chi connectivity index (χ3n) is 5.19. The fourth-order valence-corrected chi connectivity index (χ4v) is 4.11. The summed E-state index contributed by atoms with van der Waals surface area (Å²) in [6.07, 6.45) is 5.65. The van der Waals surface area contributed by atoms with Crippen LogP contribution in [0.5, 0.6) is 0 Å². The van der Waals surface area contributed by atoms with Gasteiger partial charge in [0.2, 0.25) is 0 Å². The Labute approximate surface area is 149 Å². The van der Waals surface area contributed by atoms with Crippen LogP contribution in [0.25, 0.3) is 0 Å². The number of hydrogen-bond acceptors (Lipinski definition) is 4. The van der Waals surface area contributed by atoms with Crippen molar-refractivity contribution in [1.82, 2.24) is 19.7 Å². The summed E-state index contributed by atoms with van der Waals surface area (Å²) in [6.45, 7) is 5.91. The average Bonchev–Trinajstić information content (AvgIpc) is 2.97. The molecule has 0 radical (unpaired) electrons. The molecule has 1 atom stereocenters. The first kappa shape index (κ1) is 17.5. The zero-order chi connectivity index (χ0) is 16.9. The van der Waals surface area contributed by atoms with Crippen LogP contribution < -0.4 is 0 Å². The van der Waals surface area contributed by atoms with E-state index in [1.54, 1.807) is 11.8 Å². The number of piperidine rings is 1. The van der Waals surface area contributed by atoms with Crippen LogP contribution in [0.3, 0.4) is 0 Å². The van der Waals surface area contributed by atoms with Crippen LogP contribution in [0.2, 0.25) is 0 Å². The maximum absolute atomic E-state index is 4.37. The number of likely N-dealkylation sites (tertiary alicyclic amines) is 1. The van der Waals surface area contributed by atoms with Gasteiger partial charge in [-0.1, -0.05) is 49.0 Å². The van der Waals surface area contributed by atoms with Crippen molar-refractivity contribution in [2.45, 2.75) is 37.3 Å². The molecule has 130 valence electrons. The van der Waals surface area contributed by atoms with Gasteiger partial charge in [-0.05, 0) is 49.6 Å². The van der Waals surface area contributed by atoms with Gasteiger partial charge in [-0.25, -0.2) is 0 Å². The Morgan fingerprint density at radius 1 is 1.17 bits per heavy atom. The third kappa shape index (κ3) is 4.19. The highest BCUT2D eigenvalue weighted by molar-refractivity contribution is 7.98. The molecule has 1 aromatic heterocycles. The van der Waals surface area contributed by atoms with E-state index in [0.29, 0.717) is 5.92 Å². The minimum atomic E-state index is 0.602. The van der Waals surface area contributed by atoms with Gasteiger partial charge in [-0.3, -0.25) is 0 Å². The molecule has 24 heavy (non-hydrogen) atoms. The first-order valence-electron chi connectivity index (χ1n) is 8.87. The average molecular weight is 345 g/mol. The van der Waals surface area contributed by atoms with E-state index in [-0.39, 0.29) is 0 Å². The van der Waals surface area contributed by atoms with E-state index in [0.717, 1.165) is 29.9 Å². The van der Waals surface area contributed by atoms with E-state index < -0.39 is 0 Å². The summed E-state index contributed by atoms with van der Waals surface area (Å²) in [4.78, 5) is 2.62. The molecule has 1 saturated heterocycles. The molecule has 1 aliphatic rings. The van der Waals surface area contributed by atoms with Crippen LogP contribution in [0.1, 0.15) is 37.1 Å². The van der Waals surface area contributed by atoms with Gasteiger partial charge in [-0.15, -0.1) is 10.2 Å². The second-order valence-corrected chi connectivity index (χ2v) is 7.70. The minimum Gasteiger partial charge on any atom is -0.309 e. The van der Waals surface area contributed by atoms with Crippen LogP contribution in [0.15, 0.2) is 35.5 Å². The maximum Gasteiger partial charge on any atom is 0.190 e. The highest BCUT2D eigenvalue weighted by Gasteiger charge is 2.23. The number of thioether (sulfide) groups is 1. The number of rotatable bonds is 6. The smallest absolute Gasteiger partial charge is 0.190 e. The molecule has 0 saturated carbocycles. The number of benzene rings is 1. The van der Waals surface area contributed by atoms with Crippen molar-refractivity contribution in [3.05, 3.63) is 41.7 Å². The second-order valence-electron chi connectivity index (χ2n) is 6.92. The van der Waals surface area contributed by atoms with Gasteiger partial charge in [-0.2, -0.15) is 0 Å². The van der Waals surface area contributed by atoms with Gasteiger partial charge < -0.3 is 9.47 Å². The van der Waals surface area contributed by atoms with Gasteiger partial charge >= 0.3 is 0 Å². The normalized spacial score (nSPS) is 18.0. The molecule has 2 heterocycles. The van der Waals surface area contributed by atoms with Gasteiger partial charge in [0.25, 0.3) is 0 Å². The van der Waals surface area contributed by atoms with Crippen molar-refractivity contribution >= 4 is 11.8 Å². The topological polar surface area (TPSA) is 34.0 Å². The Morgan fingerprint density at radius 3 is 2.50 bits per heavy atom. The molecule has 4 nitrogen and oxygen atoms in total. The van der Waals surface area contributed by atoms with E-state index in [4.69, 9.17) is 0 Å². The van der Waals surface area contributed by atoms with Crippen LogP contribution >= 0.6 is 11.8 Å². The van der Waals surface area contributed by atoms with E-state index >= 15 is 0 Å². The van der Waals surface area contributed by atoms with Crippen molar-refractivity contribution in [2.75, 3.05) is 25.9 Å². The Morgan fingerprint density at radius 2 is 1.88 bits per heavy atom. The highest BCUT2D eigenvalue weighted by atomic mass is 32.2. The molecule has 1 fully saturated rings. The molecule has 1 aliphatic heterocycles. The summed E-state index contributed by atoms with van der Waals surface area (Å²) in [5.41, 5.74) is 1.45. The monoisotopic (exact) mass is 344 g/mol. The van der Waals surface area contributed by atoms with Crippen molar-refractivity contribution in [3.63, 3.8) is 0 Å². The highest BCUT2D eigenvalue weighted by Crippen LogP contribution is 2.24. The fourth-order valence-electron chi connectivity index (χ4n) is 3.61. The molecule has 0 N–H and O–H groups in total. The standard InChI is InChI=1S/C19H28N4S/c1-15(17-7-5-4-6-8-17)14-23-11-9-16(10-12-23)13-18-20-21-19(24-3)22(18)2/h4-8,15-16H,9-14H2,1-3H3/t15-/m1/s1. The van der Waals surface area contributed by atoms with E-state index in [1.807, 2.05) is 0 Å². The molecule has 1 aromatic carbocycles. The lowest BCUT2D eigenvalue weighted by Crippen LogP contribution is -2.36. The first-order chi connectivity index (χ1) is 11.7. The first-order valence-corrected chi connectivity index (χ1v) is 10.1. The SMILES string of the molecule is CSc1nnc(CC2CCN(C[C@@H](C)c3ccccc3)CC2)n1C. The Hall–Kier alpha value is -1.33. The molecule has 0 unspecified atom stereocenters. The minimum absolute atomic E-state index is 0.602. The Bertz CT molecular complexity index is 632. The van der Waals surface area contributed by atoms with Crippen molar-refractivity contribution in [3.8, 4) is 0 Å². The van der Waals surface area contributed by atoms with Gasteiger partial charge in [0, 0.05) is 20.0 Å². The summed E-state index contributed by atoms with van der Waals surface area (Å²) < 4.78 is 2.15. The summed E-state index contributed by atoms with van der Waals surface area (Å²) in [6, 6.07) is 10.9. The number of hydrogen-bond donors (Lipinski definition) is 0. The van der Waals surface area contributed by atoms with Crippen LogP contribution in [0.4, 0.5) is 0 Å². The summed E-state index contributed by atoms with van der Waals surface area (Å²) in [5.74, 6) is 2.48. The maximum atomic E-state index is 4.37. The lowest BCUT2D eigenvalue weighted by Gasteiger charge is -2.33. The zero-order valence-electron chi connectivity index (χ0n) is 15.0. The lowest BCUT2D eigenvalue weighted by atomic mass is 9.92. The van der Waals surface area contributed by atoms with Crippen molar-refractivity contribution in [2.24, 2.45) is 13.0 Å². The molecule has 2 aromatic rings.